The number of aromatic nitrogens is 2. The summed E-state index contributed by atoms with van der Waals surface area (Å²) in [6.07, 6.45) is 7.44. The van der Waals surface area contributed by atoms with E-state index >= 15 is 0 Å². The molecule has 2 fully saturated rings. The number of ether oxygens (including phenoxy) is 1. The highest BCUT2D eigenvalue weighted by Crippen LogP contribution is 2.43. The van der Waals surface area contributed by atoms with Crippen molar-refractivity contribution >= 4 is 5.91 Å². The first-order valence-corrected chi connectivity index (χ1v) is 9.13. The highest BCUT2D eigenvalue weighted by Gasteiger charge is 2.35. The van der Waals surface area contributed by atoms with E-state index in [1.165, 1.54) is 5.56 Å². The van der Waals surface area contributed by atoms with Crippen molar-refractivity contribution < 1.29 is 9.53 Å². The molecule has 1 aromatic carbocycles. The van der Waals surface area contributed by atoms with Crippen LogP contribution < -0.4 is 5.32 Å². The van der Waals surface area contributed by atoms with Crippen molar-refractivity contribution in [3.63, 3.8) is 0 Å². The number of hydrogen-bond acceptors (Lipinski definition) is 3. The Kier molecular flexibility index (Phi) is 4.57. The molecule has 0 unspecified atom stereocenters. The molecule has 2 aliphatic rings. The maximum absolute atomic E-state index is 12.4. The first-order valence-electron chi connectivity index (χ1n) is 9.13. The molecule has 1 saturated heterocycles. The second kappa shape index (κ2) is 7.00. The van der Waals surface area contributed by atoms with Crippen LogP contribution in [0.15, 0.2) is 42.7 Å². The summed E-state index contributed by atoms with van der Waals surface area (Å²) in [5, 5.41) is 7.40. The molecule has 2 aromatic rings. The van der Waals surface area contributed by atoms with Crippen LogP contribution in [0.2, 0.25) is 0 Å². The predicted molar refractivity (Wildman–Crippen MR) is 95.0 cm³/mol. The summed E-state index contributed by atoms with van der Waals surface area (Å²) in [5.41, 5.74) is 2.44. The molecule has 4 rings (SSSR count). The van der Waals surface area contributed by atoms with Crippen LogP contribution in [0.3, 0.4) is 0 Å². The van der Waals surface area contributed by atoms with Gasteiger partial charge in [0.1, 0.15) is 6.10 Å². The fourth-order valence-electron chi connectivity index (χ4n) is 4.08. The number of carbonyl (C=O) groups excluding carboxylic acids is 1. The molecule has 2 atom stereocenters. The Hall–Kier alpha value is -2.14. The third-order valence-corrected chi connectivity index (χ3v) is 5.47. The van der Waals surface area contributed by atoms with E-state index in [1.54, 1.807) is 4.68 Å². The van der Waals surface area contributed by atoms with Crippen molar-refractivity contribution in [2.24, 2.45) is 13.0 Å². The number of rotatable bonds is 5. The minimum Gasteiger partial charge on any atom is -0.371 e. The minimum atomic E-state index is -0.0730. The van der Waals surface area contributed by atoms with Crippen LogP contribution in [0.5, 0.6) is 0 Å². The van der Waals surface area contributed by atoms with Gasteiger partial charge in [-0.3, -0.25) is 9.48 Å². The number of carbonyl (C=O) groups is 1. The minimum absolute atomic E-state index is 0.0571. The Morgan fingerprint density at radius 3 is 2.80 bits per heavy atom. The van der Waals surface area contributed by atoms with Gasteiger partial charge in [-0.15, -0.1) is 0 Å². The summed E-state index contributed by atoms with van der Waals surface area (Å²) >= 11 is 0. The SMILES string of the molecule is Cn1cc([C@H]2OCC[C@@H]2NC(=O)CC2CC(c3ccccc3)C2)cn1. The molecule has 1 saturated carbocycles. The van der Waals surface area contributed by atoms with Crippen LogP contribution in [0.1, 0.15) is 48.8 Å². The lowest BCUT2D eigenvalue weighted by atomic mass is 9.70. The summed E-state index contributed by atoms with van der Waals surface area (Å²) < 4.78 is 7.59. The normalized spacial score (nSPS) is 28.5. The second-order valence-electron chi connectivity index (χ2n) is 7.35. The van der Waals surface area contributed by atoms with Crippen LogP contribution in [0.25, 0.3) is 0 Å². The van der Waals surface area contributed by atoms with Gasteiger partial charge in [0.05, 0.1) is 12.2 Å². The molecule has 0 spiro atoms. The molecule has 1 amide bonds. The number of nitrogens with one attached hydrogen (secondary N) is 1. The fraction of sp³-hybridized carbons (Fsp3) is 0.500. The first kappa shape index (κ1) is 16.3. The van der Waals surface area contributed by atoms with Gasteiger partial charge < -0.3 is 10.1 Å². The Morgan fingerprint density at radius 1 is 1.28 bits per heavy atom. The Labute approximate surface area is 148 Å². The van der Waals surface area contributed by atoms with E-state index in [1.807, 2.05) is 19.4 Å². The van der Waals surface area contributed by atoms with Crippen molar-refractivity contribution in [3.8, 4) is 0 Å². The molecule has 132 valence electrons. The molecule has 1 aromatic heterocycles. The van der Waals surface area contributed by atoms with Crippen molar-refractivity contribution in [1.29, 1.82) is 0 Å². The third-order valence-electron chi connectivity index (χ3n) is 5.47. The van der Waals surface area contributed by atoms with Gasteiger partial charge in [-0.25, -0.2) is 0 Å². The fourth-order valence-corrected chi connectivity index (χ4v) is 4.08. The van der Waals surface area contributed by atoms with Gasteiger partial charge in [0.25, 0.3) is 0 Å². The van der Waals surface area contributed by atoms with Crippen LogP contribution >= 0.6 is 0 Å². The monoisotopic (exact) mass is 339 g/mol. The van der Waals surface area contributed by atoms with Crippen molar-refractivity contribution in [2.45, 2.75) is 43.7 Å². The van der Waals surface area contributed by atoms with E-state index in [-0.39, 0.29) is 18.1 Å². The molecule has 5 nitrogen and oxygen atoms in total. The van der Waals surface area contributed by atoms with Crippen LogP contribution in [0.4, 0.5) is 0 Å². The average molecular weight is 339 g/mol. The van der Waals surface area contributed by atoms with E-state index in [9.17, 15) is 4.79 Å². The van der Waals surface area contributed by atoms with Crippen LogP contribution in [0, 0.1) is 5.92 Å². The largest absolute Gasteiger partial charge is 0.371 e. The van der Waals surface area contributed by atoms with Crippen LogP contribution in [-0.2, 0) is 16.6 Å². The number of nitrogens with zero attached hydrogens (tertiary/aromatic N) is 2. The van der Waals surface area contributed by atoms with Gasteiger partial charge in [-0.1, -0.05) is 30.3 Å². The molecule has 0 bridgehead atoms. The maximum Gasteiger partial charge on any atom is 0.220 e. The highest BCUT2D eigenvalue weighted by molar-refractivity contribution is 5.76. The Morgan fingerprint density at radius 2 is 2.08 bits per heavy atom. The quantitative estimate of drug-likeness (QED) is 0.911. The summed E-state index contributed by atoms with van der Waals surface area (Å²) in [4.78, 5) is 12.4. The van der Waals surface area contributed by atoms with E-state index in [0.29, 0.717) is 24.9 Å². The summed E-state index contributed by atoms with van der Waals surface area (Å²) in [5.74, 6) is 1.28. The Balaban J connectivity index is 1.27. The van der Waals surface area contributed by atoms with Gasteiger partial charge >= 0.3 is 0 Å². The molecule has 1 aliphatic carbocycles. The molecule has 1 N–H and O–H groups in total. The number of benzene rings is 1. The van der Waals surface area contributed by atoms with Crippen molar-refractivity contribution in [2.75, 3.05) is 6.61 Å². The smallest absolute Gasteiger partial charge is 0.220 e. The third kappa shape index (κ3) is 3.61. The second-order valence-corrected chi connectivity index (χ2v) is 7.35. The molecule has 1 aliphatic heterocycles. The van der Waals surface area contributed by atoms with Gasteiger partial charge in [-0.2, -0.15) is 5.10 Å². The average Bonchev–Trinajstić information content (AvgIpc) is 3.20. The molecule has 5 heteroatoms. The van der Waals surface area contributed by atoms with E-state index in [0.717, 1.165) is 24.8 Å². The lowest BCUT2D eigenvalue weighted by molar-refractivity contribution is -0.123. The topological polar surface area (TPSA) is 56.1 Å². The van der Waals surface area contributed by atoms with Crippen LogP contribution in [-0.4, -0.2) is 28.3 Å². The lowest BCUT2D eigenvalue weighted by Crippen LogP contribution is -2.39. The van der Waals surface area contributed by atoms with Crippen molar-refractivity contribution in [3.05, 3.63) is 53.9 Å². The highest BCUT2D eigenvalue weighted by atomic mass is 16.5. The summed E-state index contributed by atoms with van der Waals surface area (Å²) in [6.45, 7) is 0.685. The van der Waals surface area contributed by atoms with Gasteiger partial charge in [0.2, 0.25) is 5.91 Å². The first-order chi connectivity index (χ1) is 12.2. The van der Waals surface area contributed by atoms with Crippen molar-refractivity contribution in [1.82, 2.24) is 15.1 Å². The van der Waals surface area contributed by atoms with Gasteiger partial charge in [-0.05, 0) is 36.7 Å². The Bertz CT molecular complexity index is 722. The zero-order chi connectivity index (χ0) is 17.2. The van der Waals surface area contributed by atoms with E-state index in [4.69, 9.17) is 4.74 Å². The molecule has 2 heterocycles. The molecular formula is C20H25N3O2. The zero-order valence-corrected chi connectivity index (χ0v) is 14.6. The standard InChI is InChI=1S/C20H25N3O2/c1-23-13-17(12-21-23)20-18(7-8-25-20)22-19(24)11-14-9-16(10-14)15-5-3-2-4-6-15/h2-6,12-14,16,18,20H,7-11H2,1H3,(H,22,24)/t14?,16?,18-,20+/m0/s1. The van der Waals surface area contributed by atoms with Gasteiger partial charge in [0, 0.05) is 31.8 Å². The van der Waals surface area contributed by atoms with E-state index < -0.39 is 0 Å². The molecule has 25 heavy (non-hydrogen) atoms. The lowest BCUT2D eigenvalue weighted by Gasteiger charge is -2.35. The number of amides is 1. The van der Waals surface area contributed by atoms with Gasteiger partial charge in [0.15, 0.2) is 0 Å². The van der Waals surface area contributed by atoms with E-state index in [2.05, 4.69) is 40.7 Å². The molecule has 0 radical (unpaired) electrons. The summed E-state index contributed by atoms with van der Waals surface area (Å²) in [6, 6.07) is 10.7. The summed E-state index contributed by atoms with van der Waals surface area (Å²) in [7, 11) is 1.89. The number of hydrogen-bond donors (Lipinski definition) is 1. The number of aryl methyl sites for hydroxylation is 1. The maximum atomic E-state index is 12.4. The zero-order valence-electron chi connectivity index (χ0n) is 14.6. The predicted octanol–water partition coefficient (Wildman–Crippen LogP) is 2.95. The molecular weight excluding hydrogens is 314 g/mol.